The van der Waals surface area contributed by atoms with Gasteiger partial charge < -0.3 is 10.3 Å². The molecule has 0 aromatic carbocycles. The van der Waals surface area contributed by atoms with Crippen LogP contribution in [-0.2, 0) is 7.05 Å². The van der Waals surface area contributed by atoms with Crippen LogP contribution >= 0.6 is 0 Å². The quantitative estimate of drug-likeness (QED) is 0.694. The average Bonchev–Trinajstić information content (AvgIpc) is 2.50. The SMILES string of the molecule is Cn1ccnc1C(=O)C(C)(C)CN. The molecule has 0 fully saturated rings. The third-order valence-electron chi connectivity index (χ3n) is 2.15. The molecule has 0 unspecified atom stereocenters. The Morgan fingerprint density at radius 2 is 2.31 bits per heavy atom. The van der Waals surface area contributed by atoms with Gasteiger partial charge in [-0.3, -0.25) is 4.79 Å². The second-order valence-electron chi connectivity index (χ2n) is 3.78. The molecule has 0 atom stereocenters. The fourth-order valence-electron chi connectivity index (χ4n) is 0.980. The number of Topliss-reactive ketones (excluding diaryl/α,β-unsaturated/α-hetero) is 1. The second kappa shape index (κ2) is 3.30. The molecule has 1 rings (SSSR count). The lowest BCUT2D eigenvalue weighted by Gasteiger charge is -2.19. The number of aryl methyl sites for hydroxylation is 1. The Labute approximate surface area is 77.8 Å². The molecule has 1 aromatic rings. The summed E-state index contributed by atoms with van der Waals surface area (Å²) in [7, 11) is 1.80. The third kappa shape index (κ3) is 1.78. The molecular weight excluding hydrogens is 166 g/mol. The minimum atomic E-state index is -0.529. The van der Waals surface area contributed by atoms with Crippen LogP contribution in [-0.4, -0.2) is 21.9 Å². The summed E-state index contributed by atoms with van der Waals surface area (Å²) >= 11 is 0. The normalized spacial score (nSPS) is 11.7. The number of nitrogens with zero attached hydrogens (tertiary/aromatic N) is 2. The van der Waals surface area contributed by atoms with Gasteiger partial charge in [-0.1, -0.05) is 13.8 Å². The maximum Gasteiger partial charge on any atom is 0.205 e. The Bertz CT molecular complexity index is 314. The van der Waals surface area contributed by atoms with E-state index in [1.165, 1.54) is 0 Å². The van der Waals surface area contributed by atoms with Crippen LogP contribution in [0, 0.1) is 5.41 Å². The van der Waals surface area contributed by atoms with Gasteiger partial charge in [-0.2, -0.15) is 0 Å². The highest BCUT2D eigenvalue weighted by Gasteiger charge is 2.29. The lowest BCUT2D eigenvalue weighted by molar-refractivity contribution is 0.0833. The van der Waals surface area contributed by atoms with E-state index in [2.05, 4.69) is 4.98 Å². The fraction of sp³-hybridized carbons (Fsp3) is 0.556. The molecule has 0 saturated carbocycles. The number of carbonyl (C=O) groups excluding carboxylic acids is 1. The number of aromatic nitrogens is 2. The van der Waals surface area contributed by atoms with E-state index in [0.717, 1.165) is 0 Å². The summed E-state index contributed by atoms with van der Waals surface area (Å²) in [5.74, 6) is 0.456. The Hall–Kier alpha value is -1.16. The molecule has 0 bridgehead atoms. The highest BCUT2D eigenvalue weighted by Crippen LogP contribution is 2.18. The zero-order chi connectivity index (χ0) is 10.1. The third-order valence-corrected chi connectivity index (χ3v) is 2.15. The van der Waals surface area contributed by atoms with Crippen molar-refractivity contribution >= 4 is 5.78 Å². The minimum Gasteiger partial charge on any atom is -0.332 e. The lowest BCUT2D eigenvalue weighted by atomic mass is 9.88. The predicted molar refractivity (Wildman–Crippen MR) is 50.4 cm³/mol. The van der Waals surface area contributed by atoms with Crippen molar-refractivity contribution in [2.75, 3.05) is 6.54 Å². The van der Waals surface area contributed by atoms with E-state index in [4.69, 9.17) is 5.73 Å². The van der Waals surface area contributed by atoms with E-state index in [0.29, 0.717) is 12.4 Å². The molecule has 0 aliphatic rings. The van der Waals surface area contributed by atoms with E-state index < -0.39 is 5.41 Å². The van der Waals surface area contributed by atoms with E-state index in [1.807, 2.05) is 13.8 Å². The zero-order valence-corrected chi connectivity index (χ0v) is 8.24. The highest BCUT2D eigenvalue weighted by molar-refractivity contribution is 5.97. The summed E-state index contributed by atoms with van der Waals surface area (Å²) in [6.07, 6.45) is 3.36. The summed E-state index contributed by atoms with van der Waals surface area (Å²) in [6, 6.07) is 0. The second-order valence-corrected chi connectivity index (χ2v) is 3.78. The molecule has 0 amide bonds. The summed E-state index contributed by atoms with van der Waals surface area (Å²) in [5.41, 5.74) is 4.98. The van der Waals surface area contributed by atoms with Gasteiger partial charge in [-0.25, -0.2) is 4.98 Å². The average molecular weight is 181 g/mol. The summed E-state index contributed by atoms with van der Waals surface area (Å²) in [4.78, 5) is 15.8. The van der Waals surface area contributed by atoms with Gasteiger partial charge in [0.15, 0.2) is 5.82 Å². The number of ketones is 1. The van der Waals surface area contributed by atoms with Crippen LogP contribution in [0.5, 0.6) is 0 Å². The van der Waals surface area contributed by atoms with Crippen LogP contribution in [0.15, 0.2) is 12.4 Å². The van der Waals surface area contributed by atoms with Gasteiger partial charge in [0, 0.05) is 31.4 Å². The maximum absolute atomic E-state index is 11.8. The molecule has 0 radical (unpaired) electrons. The number of hydrogen-bond donors (Lipinski definition) is 1. The molecular formula is C9H15N3O. The van der Waals surface area contributed by atoms with E-state index in [1.54, 1.807) is 24.0 Å². The van der Waals surface area contributed by atoms with E-state index in [9.17, 15) is 4.79 Å². The van der Waals surface area contributed by atoms with E-state index >= 15 is 0 Å². The smallest absolute Gasteiger partial charge is 0.205 e. The molecule has 0 aliphatic heterocycles. The zero-order valence-electron chi connectivity index (χ0n) is 8.24. The Morgan fingerprint density at radius 1 is 1.69 bits per heavy atom. The Morgan fingerprint density at radius 3 is 2.69 bits per heavy atom. The monoisotopic (exact) mass is 181 g/mol. The first-order valence-corrected chi connectivity index (χ1v) is 4.21. The van der Waals surface area contributed by atoms with Crippen molar-refractivity contribution in [3.8, 4) is 0 Å². The molecule has 0 saturated heterocycles. The van der Waals surface area contributed by atoms with Crippen molar-refractivity contribution in [2.45, 2.75) is 13.8 Å². The molecule has 0 aliphatic carbocycles. The van der Waals surface area contributed by atoms with Gasteiger partial charge in [0.05, 0.1) is 0 Å². The molecule has 1 heterocycles. The van der Waals surface area contributed by atoms with Gasteiger partial charge in [0.2, 0.25) is 5.78 Å². The molecule has 1 aromatic heterocycles. The molecule has 2 N–H and O–H groups in total. The van der Waals surface area contributed by atoms with Crippen molar-refractivity contribution < 1.29 is 4.79 Å². The molecule has 13 heavy (non-hydrogen) atoms. The summed E-state index contributed by atoms with van der Waals surface area (Å²) in [6.45, 7) is 3.98. The van der Waals surface area contributed by atoms with Crippen LogP contribution in [0.25, 0.3) is 0 Å². The first-order valence-electron chi connectivity index (χ1n) is 4.21. The number of carbonyl (C=O) groups is 1. The number of rotatable bonds is 3. The van der Waals surface area contributed by atoms with Crippen molar-refractivity contribution in [1.29, 1.82) is 0 Å². The minimum absolute atomic E-state index is 0.0116. The van der Waals surface area contributed by atoms with Gasteiger partial charge in [-0.05, 0) is 0 Å². The van der Waals surface area contributed by atoms with Crippen LogP contribution in [0.2, 0.25) is 0 Å². The molecule has 0 spiro atoms. The molecule has 4 heteroatoms. The lowest BCUT2D eigenvalue weighted by Crippen LogP contribution is -2.34. The predicted octanol–water partition coefficient (Wildman–Crippen LogP) is 0.588. The standard InChI is InChI=1S/C9H15N3O/c1-9(2,6-10)7(13)8-11-4-5-12(8)3/h4-5H,6,10H2,1-3H3. The Kier molecular flexibility index (Phi) is 2.52. The number of nitrogens with two attached hydrogens (primary N) is 1. The number of imidazole rings is 1. The summed E-state index contributed by atoms with van der Waals surface area (Å²) in [5, 5.41) is 0. The maximum atomic E-state index is 11.8. The van der Waals surface area contributed by atoms with Crippen molar-refractivity contribution in [3.05, 3.63) is 18.2 Å². The number of hydrogen-bond acceptors (Lipinski definition) is 3. The van der Waals surface area contributed by atoms with E-state index in [-0.39, 0.29) is 5.78 Å². The van der Waals surface area contributed by atoms with Crippen LogP contribution < -0.4 is 5.73 Å². The van der Waals surface area contributed by atoms with Gasteiger partial charge in [0.25, 0.3) is 0 Å². The highest BCUT2D eigenvalue weighted by atomic mass is 16.1. The molecule has 4 nitrogen and oxygen atoms in total. The van der Waals surface area contributed by atoms with Crippen molar-refractivity contribution in [3.63, 3.8) is 0 Å². The van der Waals surface area contributed by atoms with Crippen LogP contribution in [0.1, 0.15) is 24.5 Å². The first-order chi connectivity index (χ1) is 5.99. The van der Waals surface area contributed by atoms with Crippen molar-refractivity contribution in [1.82, 2.24) is 9.55 Å². The van der Waals surface area contributed by atoms with Crippen molar-refractivity contribution in [2.24, 2.45) is 18.2 Å². The topological polar surface area (TPSA) is 60.9 Å². The fourth-order valence-corrected chi connectivity index (χ4v) is 0.980. The van der Waals surface area contributed by atoms with Gasteiger partial charge >= 0.3 is 0 Å². The van der Waals surface area contributed by atoms with Gasteiger partial charge in [-0.15, -0.1) is 0 Å². The summed E-state index contributed by atoms with van der Waals surface area (Å²) < 4.78 is 1.71. The van der Waals surface area contributed by atoms with Gasteiger partial charge in [0.1, 0.15) is 0 Å². The first kappa shape index (κ1) is 9.92. The Balaban J connectivity index is 2.98. The molecule has 72 valence electrons. The largest absolute Gasteiger partial charge is 0.332 e. The van der Waals surface area contributed by atoms with Crippen LogP contribution in [0.3, 0.4) is 0 Å². The van der Waals surface area contributed by atoms with Crippen LogP contribution in [0.4, 0.5) is 0 Å².